The van der Waals surface area contributed by atoms with Gasteiger partial charge in [-0.15, -0.1) is 0 Å². The number of anilines is 2. The summed E-state index contributed by atoms with van der Waals surface area (Å²) in [5, 5.41) is 16.6. The van der Waals surface area contributed by atoms with Gasteiger partial charge in [-0.25, -0.2) is 14.8 Å². The van der Waals surface area contributed by atoms with Crippen LogP contribution in [0.2, 0.25) is 0 Å². The second-order valence-electron chi connectivity index (χ2n) is 8.27. The predicted molar refractivity (Wildman–Crippen MR) is 140 cm³/mol. The lowest BCUT2D eigenvalue weighted by atomic mass is 10.0. The highest BCUT2D eigenvalue weighted by Crippen LogP contribution is 2.28. The minimum absolute atomic E-state index is 0.120. The van der Waals surface area contributed by atoms with E-state index < -0.39 is 5.97 Å². The number of carbonyl (C=O) groups excluding carboxylic acids is 1. The van der Waals surface area contributed by atoms with Crippen molar-refractivity contribution in [2.24, 2.45) is 0 Å². The molecule has 0 saturated heterocycles. The van der Waals surface area contributed by atoms with Gasteiger partial charge in [-0.3, -0.25) is 4.79 Å². The molecule has 4 aromatic rings. The third-order valence-electron chi connectivity index (χ3n) is 5.41. The van der Waals surface area contributed by atoms with Crippen LogP contribution in [0.3, 0.4) is 0 Å². The van der Waals surface area contributed by atoms with Gasteiger partial charge in [-0.05, 0) is 68.2 Å². The number of carbonyl (C=O) groups is 2. The van der Waals surface area contributed by atoms with Crippen LogP contribution in [0.15, 0.2) is 77.5 Å². The quantitative estimate of drug-likeness (QED) is 0.290. The molecule has 1 atom stereocenters. The van der Waals surface area contributed by atoms with Crippen LogP contribution >= 0.6 is 15.9 Å². The van der Waals surface area contributed by atoms with Gasteiger partial charge in [-0.2, -0.15) is 0 Å². The Morgan fingerprint density at radius 3 is 2.49 bits per heavy atom. The number of carboxylic acid groups (broad SMARTS) is 1. The Morgan fingerprint density at radius 2 is 1.77 bits per heavy atom. The van der Waals surface area contributed by atoms with E-state index in [-0.39, 0.29) is 17.5 Å². The number of nitrogens with one attached hydrogen (secondary N) is 2. The minimum atomic E-state index is -1.04. The Labute approximate surface area is 211 Å². The number of halogens is 1. The number of rotatable bonds is 8. The van der Waals surface area contributed by atoms with Crippen molar-refractivity contribution in [3.63, 3.8) is 0 Å². The number of para-hydroxylation sites is 1. The molecule has 0 saturated carbocycles. The largest absolute Gasteiger partial charge is 0.478 e. The summed E-state index contributed by atoms with van der Waals surface area (Å²) in [7, 11) is 3.93. The number of hydrogen-bond donors (Lipinski definition) is 3. The van der Waals surface area contributed by atoms with Gasteiger partial charge in [0, 0.05) is 27.7 Å². The molecule has 3 N–H and O–H groups in total. The van der Waals surface area contributed by atoms with E-state index in [0.717, 1.165) is 10.0 Å². The molecule has 8 nitrogen and oxygen atoms in total. The zero-order valence-electron chi connectivity index (χ0n) is 19.2. The van der Waals surface area contributed by atoms with Gasteiger partial charge in [0.1, 0.15) is 12.1 Å². The van der Waals surface area contributed by atoms with E-state index in [1.165, 1.54) is 12.4 Å². The van der Waals surface area contributed by atoms with Gasteiger partial charge in [0.05, 0.1) is 17.1 Å². The van der Waals surface area contributed by atoms with Crippen LogP contribution < -0.4 is 10.6 Å². The highest BCUT2D eigenvalue weighted by molar-refractivity contribution is 9.10. The molecular weight excluding hydrogens is 510 g/mol. The first kappa shape index (κ1) is 24.3. The van der Waals surface area contributed by atoms with E-state index in [0.29, 0.717) is 34.5 Å². The third-order valence-corrected chi connectivity index (χ3v) is 5.94. The summed E-state index contributed by atoms with van der Waals surface area (Å²) in [6.07, 6.45) is 1.36. The first-order chi connectivity index (χ1) is 16.8. The maximum Gasteiger partial charge on any atom is 0.337 e. The number of benzene rings is 3. The predicted octanol–water partition coefficient (Wildman–Crippen LogP) is 5.06. The third kappa shape index (κ3) is 5.82. The highest BCUT2D eigenvalue weighted by atomic mass is 79.9. The van der Waals surface area contributed by atoms with E-state index in [2.05, 4.69) is 36.5 Å². The fourth-order valence-corrected chi connectivity index (χ4v) is 4.04. The van der Waals surface area contributed by atoms with Gasteiger partial charge in [0.2, 0.25) is 0 Å². The first-order valence-corrected chi connectivity index (χ1v) is 11.7. The number of amides is 1. The molecule has 35 heavy (non-hydrogen) atoms. The fourth-order valence-electron chi connectivity index (χ4n) is 3.78. The van der Waals surface area contributed by atoms with Crippen LogP contribution in [-0.2, 0) is 0 Å². The molecule has 0 spiro atoms. The SMILES string of the molecule is CN(C)CC(Nc1ncnc2c(C(=O)O)cccc12)c1cccc(NC(=O)c2ccc(Br)cc2)c1. The van der Waals surface area contributed by atoms with Gasteiger partial charge in [-0.1, -0.05) is 34.1 Å². The average molecular weight is 534 g/mol. The summed E-state index contributed by atoms with van der Waals surface area (Å²) in [6, 6.07) is 19.6. The molecule has 0 aliphatic heterocycles. The van der Waals surface area contributed by atoms with E-state index >= 15 is 0 Å². The number of hydrogen-bond acceptors (Lipinski definition) is 6. The summed E-state index contributed by atoms with van der Waals surface area (Å²) in [4.78, 5) is 35.0. The number of nitrogens with zero attached hydrogens (tertiary/aromatic N) is 3. The van der Waals surface area contributed by atoms with Crippen molar-refractivity contribution in [1.82, 2.24) is 14.9 Å². The molecule has 4 rings (SSSR count). The van der Waals surface area contributed by atoms with Gasteiger partial charge < -0.3 is 20.6 Å². The molecule has 1 heterocycles. The summed E-state index contributed by atoms with van der Waals surface area (Å²) in [5.74, 6) is -0.705. The number of likely N-dealkylation sites (N-methyl/N-ethyl adjacent to an activating group) is 1. The molecule has 0 radical (unpaired) electrons. The maximum absolute atomic E-state index is 12.7. The van der Waals surface area contributed by atoms with Crippen molar-refractivity contribution >= 4 is 50.2 Å². The van der Waals surface area contributed by atoms with Crippen LogP contribution in [0, 0.1) is 0 Å². The Morgan fingerprint density at radius 1 is 1.03 bits per heavy atom. The second kappa shape index (κ2) is 10.6. The van der Waals surface area contributed by atoms with Gasteiger partial charge in [0.15, 0.2) is 0 Å². The molecule has 1 unspecified atom stereocenters. The monoisotopic (exact) mass is 533 g/mol. The molecule has 0 fully saturated rings. The molecule has 0 bridgehead atoms. The normalized spacial score (nSPS) is 11.9. The standard InChI is InChI=1S/C26H24BrN5O3/c1-32(2)14-22(31-24-20-7-4-8-21(26(34)35)23(20)28-15-29-24)17-5-3-6-19(13-17)30-25(33)16-9-11-18(27)12-10-16/h3-13,15,22H,14H2,1-2H3,(H,30,33)(H,34,35)(H,28,29,31). The number of fused-ring (bicyclic) bond motifs is 1. The van der Waals surface area contributed by atoms with Crippen molar-refractivity contribution < 1.29 is 14.7 Å². The fraction of sp³-hybridized carbons (Fsp3) is 0.154. The maximum atomic E-state index is 12.7. The van der Waals surface area contributed by atoms with Crippen molar-refractivity contribution in [2.75, 3.05) is 31.3 Å². The topological polar surface area (TPSA) is 107 Å². The lowest BCUT2D eigenvalue weighted by molar-refractivity contribution is 0.0698. The summed E-state index contributed by atoms with van der Waals surface area (Å²) in [5.41, 5.74) is 2.66. The molecule has 0 aliphatic rings. The summed E-state index contributed by atoms with van der Waals surface area (Å²) in [6.45, 7) is 0.633. The molecule has 9 heteroatoms. The zero-order valence-corrected chi connectivity index (χ0v) is 20.8. The molecule has 3 aromatic carbocycles. The van der Waals surface area contributed by atoms with Crippen LogP contribution in [0.5, 0.6) is 0 Å². The molecule has 178 valence electrons. The Balaban J connectivity index is 1.63. The van der Waals surface area contributed by atoms with Crippen LogP contribution in [0.4, 0.5) is 11.5 Å². The average Bonchev–Trinajstić information content (AvgIpc) is 2.83. The van der Waals surface area contributed by atoms with E-state index in [9.17, 15) is 14.7 Å². The lowest BCUT2D eigenvalue weighted by Gasteiger charge is -2.24. The van der Waals surface area contributed by atoms with Gasteiger partial charge in [0.25, 0.3) is 5.91 Å². The Hall–Kier alpha value is -3.82. The minimum Gasteiger partial charge on any atom is -0.478 e. The zero-order chi connectivity index (χ0) is 24.9. The van der Waals surface area contributed by atoms with E-state index in [1.54, 1.807) is 24.3 Å². The van der Waals surface area contributed by atoms with Gasteiger partial charge >= 0.3 is 5.97 Å². The highest BCUT2D eigenvalue weighted by Gasteiger charge is 2.18. The van der Waals surface area contributed by atoms with E-state index in [1.807, 2.05) is 55.4 Å². The van der Waals surface area contributed by atoms with E-state index in [4.69, 9.17) is 0 Å². The van der Waals surface area contributed by atoms with Crippen LogP contribution in [0.25, 0.3) is 10.9 Å². The smallest absolute Gasteiger partial charge is 0.337 e. The number of aromatic nitrogens is 2. The van der Waals surface area contributed by atoms with Crippen molar-refractivity contribution in [3.05, 3.63) is 94.2 Å². The molecule has 1 amide bonds. The van der Waals surface area contributed by atoms with Crippen LogP contribution in [0.1, 0.15) is 32.3 Å². The molecule has 0 aliphatic carbocycles. The molecular formula is C26H24BrN5O3. The summed E-state index contributed by atoms with van der Waals surface area (Å²) < 4.78 is 0.904. The number of aromatic carboxylic acids is 1. The van der Waals surface area contributed by atoms with Crippen molar-refractivity contribution in [1.29, 1.82) is 0 Å². The van der Waals surface area contributed by atoms with Crippen molar-refractivity contribution in [3.8, 4) is 0 Å². The summed E-state index contributed by atoms with van der Waals surface area (Å²) >= 11 is 3.38. The lowest BCUT2D eigenvalue weighted by Crippen LogP contribution is -2.26. The first-order valence-electron chi connectivity index (χ1n) is 10.9. The van der Waals surface area contributed by atoms with Crippen molar-refractivity contribution in [2.45, 2.75) is 6.04 Å². The number of carboxylic acids is 1. The Kier molecular flexibility index (Phi) is 7.38. The Bertz CT molecular complexity index is 1380. The second-order valence-corrected chi connectivity index (χ2v) is 9.19. The van der Waals surface area contributed by atoms with Crippen LogP contribution in [-0.4, -0.2) is 52.5 Å². The molecule has 1 aromatic heterocycles.